The molecule has 1 N–H and O–H groups in total. The van der Waals surface area contributed by atoms with Gasteiger partial charge in [-0.2, -0.15) is 0 Å². The summed E-state index contributed by atoms with van der Waals surface area (Å²) in [6.45, 7) is 6.94. The molecule has 0 spiro atoms. The first-order valence-corrected chi connectivity index (χ1v) is 7.85. The van der Waals surface area contributed by atoms with E-state index in [-0.39, 0.29) is 6.03 Å². The summed E-state index contributed by atoms with van der Waals surface area (Å²) < 4.78 is 6.91. The zero-order valence-electron chi connectivity index (χ0n) is 12.2. The number of nitrogens with one attached hydrogen (secondary N) is 1. The van der Waals surface area contributed by atoms with Crippen LogP contribution in [0.5, 0.6) is 0 Å². The van der Waals surface area contributed by atoms with Crippen LogP contribution in [0.25, 0.3) is 0 Å². The van der Waals surface area contributed by atoms with Crippen LogP contribution in [0.3, 0.4) is 0 Å². The van der Waals surface area contributed by atoms with Gasteiger partial charge in [0.05, 0.1) is 13.2 Å². The van der Waals surface area contributed by atoms with Crippen molar-refractivity contribution in [3.05, 3.63) is 0 Å². The molecule has 0 saturated carbocycles. The Kier molecular flexibility index (Phi) is 9.04. The standard InChI is InChI=1S/C6H13N2O2P.C5H11N2O2P/c1-2-7-4-3-5-8(10-11)6(7)9;8-4-6-9-3-5-1-7(10)2-5/h2-5,11H2,1H3;4-5H,1-3,10H2,(H,6,8). The molecule has 2 heterocycles. The van der Waals surface area contributed by atoms with Crippen LogP contribution >= 0.6 is 18.9 Å². The summed E-state index contributed by atoms with van der Waals surface area (Å²) in [4.78, 5) is 27.5. The van der Waals surface area contributed by atoms with E-state index in [0.717, 1.165) is 32.6 Å². The second-order valence-electron chi connectivity index (χ2n) is 4.79. The van der Waals surface area contributed by atoms with Crippen molar-refractivity contribution in [1.29, 1.82) is 0 Å². The molecular weight excluding hydrogens is 314 g/mol. The van der Waals surface area contributed by atoms with E-state index in [1.807, 2.05) is 6.92 Å². The number of hydrogen-bond acceptors (Lipinski definition) is 5. The van der Waals surface area contributed by atoms with E-state index >= 15 is 0 Å². The lowest BCUT2D eigenvalue weighted by atomic mass is 10.1. The quantitative estimate of drug-likeness (QED) is 0.325. The molecule has 8 nitrogen and oxygen atoms in total. The lowest BCUT2D eigenvalue weighted by Gasteiger charge is -2.34. The largest absolute Gasteiger partial charge is 0.344 e. The third kappa shape index (κ3) is 6.41. The number of rotatable bonds is 6. The van der Waals surface area contributed by atoms with Crippen molar-refractivity contribution in [2.45, 2.75) is 13.3 Å². The van der Waals surface area contributed by atoms with Gasteiger partial charge in [0.15, 0.2) is 0 Å². The summed E-state index contributed by atoms with van der Waals surface area (Å²) in [6.07, 6.45) is 1.52. The van der Waals surface area contributed by atoms with E-state index < -0.39 is 0 Å². The van der Waals surface area contributed by atoms with Crippen molar-refractivity contribution in [1.82, 2.24) is 20.1 Å². The van der Waals surface area contributed by atoms with E-state index in [4.69, 9.17) is 9.46 Å². The summed E-state index contributed by atoms with van der Waals surface area (Å²) in [5.41, 5.74) is 2.16. The molecule has 0 aromatic heterocycles. The van der Waals surface area contributed by atoms with Crippen LogP contribution in [0, 0.1) is 5.92 Å². The van der Waals surface area contributed by atoms with Gasteiger partial charge in [-0.05, 0) is 13.3 Å². The molecule has 10 heteroatoms. The Morgan fingerprint density at radius 2 is 2.14 bits per heavy atom. The zero-order valence-corrected chi connectivity index (χ0v) is 14.5. The fourth-order valence-corrected chi connectivity index (χ4v) is 2.85. The van der Waals surface area contributed by atoms with E-state index in [9.17, 15) is 9.59 Å². The second-order valence-corrected chi connectivity index (χ2v) is 5.73. The van der Waals surface area contributed by atoms with Crippen molar-refractivity contribution in [2.75, 3.05) is 39.3 Å². The maximum Gasteiger partial charge on any atom is 0.344 e. The predicted octanol–water partition coefficient (Wildman–Crippen LogP) is 0.242. The normalized spacial score (nSPS) is 19.7. The molecule has 2 rings (SSSR count). The highest BCUT2D eigenvalue weighted by atomic mass is 31.0. The number of nitrogens with zero attached hydrogens (tertiary/aromatic N) is 3. The molecule has 0 aromatic carbocycles. The highest BCUT2D eigenvalue weighted by Gasteiger charge is 2.24. The first-order chi connectivity index (χ1) is 10.1. The van der Waals surface area contributed by atoms with Crippen molar-refractivity contribution >= 4 is 31.3 Å². The molecule has 2 atom stereocenters. The van der Waals surface area contributed by atoms with Crippen LogP contribution in [0.15, 0.2) is 0 Å². The summed E-state index contributed by atoms with van der Waals surface area (Å²) in [7, 11) is 4.70. The average Bonchev–Trinajstić information content (AvgIpc) is 2.46. The Labute approximate surface area is 129 Å². The highest BCUT2D eigenvalue weighted by Crippen LogP contribution is 2.18. The van der Waals surface area contributed by atoms with E-state index in [0.29, 0.717) is 25.5 Å². The topological polar surface area (TPSA) is 74.3 Å². The molecule has 0 aromatic rings. The van der Waals surface area contributed by atoms with Gasteiger partial charge >= 0.3 is 6.03 Å². The molecule has 2 aliphatic rings. The molecule has 2 unspecified atom stereocenters. The minimum atomic E-state index is -0.0336. The van der Waals surface area contributed by atoms with Gasteiger partial charge in [0, 0.05) is 41.6 Å². The first-order valence-electron chi connectivity index (χ1n) is 6.86. The summed E-state index contributed by atoms with van der Waals surface area (Å²) >= 11 is 0. The number of carbonyl (C=O) groups is 2. The van der Waals surface area contributed by atoms with Crippen molar-refractivity contribution in [3.8, 4) is 0 Å². The van der Waals surface area contributed by atoms with E-state index in [1.165, 1.54) is 5.06 Å². The average molecular weight is 338 g/mol. The van der Waals surface area contributed by atoms with Crippen LogP contribution in [0.2, 0.25) is 0 Å². The van der Waals surface area contributed by atoms with E-state index in [1.54, 1.807) is 4.90 Å². The molecule has 0 aliphatic carbocycles. The third-order valence-electron chi connectivity index (χ3n) is 3.22. The Bertz CT molecular complexity index is 317. The minimum absolute atomic E-state index is 0.0336. The summed E-state index contributed by atoms with van der Waals surface area (Å²) in [6, 6.07) is -0.0336. The molecule has 3 amide bonds. The van der Waals surface area contributed by atoms with Gasteiger partial charge < -0.3 is 4.90 Å². The van der Waals surface area contributed by atoms with Gasteiger partial charge in [-0.3, -0.25) is 18.9 Å². The van der Waals surface area contributed by atoms with Crippen LogP contribution < -0.4 is 5.48 Å². The zero-order chi connectivity index (χ0) is 15.7. The number of hydroxylamine groups is 3. The van der Waals surface area contributed by atoms with Crippen molar-refractivity contribution in [3.63, 3.8) is 0 Å². The minimum Gasteiger partial charge on any atom is -0.323 e. The van der Waals surface area contributed by atoms with Crippen molar-refractivity contribution < 1.29 is 19.1 Å². The second kappa shape index (κ2) is 10.2. The van der Waals surface area contributed by atoms with Gasteiger partial charge in [-0.25, -0.2) is 15.3 Å². The first kappa shape index (κ1) is 18.5. The Hall–Kier alpha value is -0.520. The van der Waals surface area contributed by atoms with Gasteiger partial charge in [0.25, 0.3) is 0 Å². The lowest BCUT2D eigenvalue weighted by Crippen LogP contribution is -2.47. The van der Waals surface area contributed by atoms with Crippen LogP contribution in [-0.4, -0.2) is 66.4 Å². The summed E-state index contributed by atoms with van der Waals surface area (Å²) in [5.74, 6) is 0.574. The van der Waals surface area contributed by atoms with Gasteiger partial charge in [-0.1, -0.05) is 9.39 Å². The Balaban J connectivity index is 0.000000211. The monoisotopic (exact) mass is 338 g/mol. The summed E-state index contributed by atoms with van der Waals surface area (Å²) in [5, 5.41) is 1.36. The molecular formula is C11H24N4O4P2. The maximum atomic E-state index is 11.3. The lowest BCUT2D eigenvalue weighted by molar-refractivity contribution is -0.122. The predicted molar refractivity (Wildman–Crippen MR) is 84.7 cm³/mol. The Morgan fingerprint density at radius 1 is 1.43 bits per heavy atom. The molecule has 0 bridgehead atoms. The smallest absolute Gasteiger partial charge is 0.323 e. The SMILES string of the molecule is CCN1CCCN(OP)C1=O.O=CNOCC1CN(P)C1. The van der Waals surface area contributed by atoms with Gasteiger partial charge in [0.1, 0.15) is 0 Å². The van der Waals surface area contributed by atoms with Gasteiger partial charge in [-0.15, -0.1) is 0 Å². The fourth-order valence-electron chi connectivity index (χ4n) is 2.06. The van der Waals surface area contributed by atoms with Crippen LogP contribution in [-0.2, 0) is 14.3 Å². The maximum absolute atomic E-state index is 11.3. The number of carbonyl (C=O) groups excluding carboxylic acids is 2. The number of amides is 3. The molecule has 2 aliphatic heterocycles. The molecule has 21 heavy (non-hydrogen) atoms. The number of hydrogen-bond donors (Lipinski definition) is 1. The molecule has 2 saturated heterocycles. The van der Waals surface area contributed by atoms with Crippen LogP contribution in [0.1, 0.15) is 13.3 Å². The van der Waals surface area contributed by atoms with Crippen LogP contribution in [0.4, 0.5) is 4.79 Å². The van der Waals surface area contributed by atoms with Gasteiger partial charge in [0.2, 0.25) is 6.41 Å². The highest BCUT2D eigenvalue weighted by molar-refractivity contribution is 7.13. The Morgan fingerprint density at radius 3 is 2.67 bits per heavy atom. The number of urea groups is 1. The fraction of sp³-hybridized carbons (Fsp3) is 0.818. The van der Waals surface area contributed by atoms with Crippen molar-refractivity contribution in [2.24, 2.45) is 5.92 Å². The molecule has 122 valence electrons. The van der Waals surface area contributed by atoms with E-state index in [2.05, 4.69) is 29.0 Å². The molecule has 0 radical (unpaired) electrons. The third-order valence-corrected chi connectivity index (χ3v) is 3.89. The molecule has 2 fully saturated rings.